The van der Waals surface area contributed by atoms with Gasteiger partial charge >= 0.3 is 0 Å². The zero-order chi connectivity index (χ0) is 9.42. The summed E-state index contributed by atoms with van der Waals surface area (Å²) in [6, 6.07) is 8.70. The summed E-state index contributed by atoms with van der Waals surface area (Å²) in [5, 5.41) is 1.35. The van der Waals surface area contributed by atoms with Crippen LogP contribution in [-0.4, -0.2) is 2.78 Å². The SMILES string of the molecule is CCc1cc2cccc(I)c2n1I. The lowest BCUT2D eigenvalue weighted by molar-refractivity contribution is 1.06. The molecule has 3 heteroatoms. The molecule has 0 amide bonds. The summed E-state index contributed by atoms with van der Waals surface area (Å²) in [4.78, 5) is 0. The summed E-state index contributed by atoms with van der Waals surface area (Å²) in [6.07, 6.45) is 1.09. The molecule has 13 heavy (non-hydrogen) atoms. The highest BCUT2D eigenvalue weighted by molar-refractivity contribution is 14.1. The first-order valence-corrected chi connectivity index (χ1v) is 6.23. The number of nitrogens with zero attached hydrogens (tertiary/aromatic N) is 1. The van der Waals surface area contributed by atoms with Crippen molar-refractivity contribution in [1.82, 2.24) is 2.78 Å². The van der Waals surface area contributed by atoms with Gasteiger partial charge in [0.15, 0.2) is 0 Å². The minimum absolute atomic E-state index is 1.09. The summed E-state index contributed by atoms with van der Waals surface area (Å²) in [5.74, 6) is 0. The molecule has 0 aliphatic heterocycles. The molecule has 0 bridgehead atoms. The molecule has 1 nitrogen and oxygen atoms in total. The van der Waals surface area contributed by atoms with E-state index in [0.717, 1.165) is 6.42 Å². The zero-order valence-electron chi connectivity index (χ0n) is 7.22. The van der Waals surface area contributed by atoms with Crippen LogP contribution in [0.25, 0.3) is 10.9 Å². The highest BCUT2D eigenvalue weighted by Crippen LogP contribution is 2.26. The second kappa shape index (κ2) is 3.76. The van der Waals surface area contributed by atoms with E-state index in [9.17, 15) is 0 Å². The lowest BCUT2D eigenvalue weighted by Crippen LogP contribution is -1.87. The largest absolute Gasteiger partial charge is 0.285 e. The van der Waals surface area contributed by atoms with Gasteiger partial charge in [-0.25, -0.2) is 0 Å². The molecule has 0 radical (unpaired) electrons. The summed E-state index contributed by atoms with van der Waals surface area (Å²) in [6.45, 7) is 2.19. The van der Waals surface area contributed by atoms with E-state index in [1.165, 1.54) is 20.2 Å². The summed E-state index contributed by atoms with van der Waals surface area (Å²) in [5.41, 5.74) is 2.74. The Balaban J connectivity index is 2.85. The van der Waals surface area contributed by atoms with Crippen molar-refractivity contribution < 1.29 is 0 Å². The zero-order valence-corrected chi connectivity index (χ0v) is 11.5. The molecule has 1 aromatic carbocycles. The first kappa shape index (κ1) is 9.76. The van der Waals surface area contributed by atoms with Crippen molar-refractivity contribution in [3.8, 4) is 0 Å². The Labute approximate surface area is 105 Å². The van der Waals surface area contributed by atoms with Gasteiger partial charge in [0.1, 0.15) is 0 Å². The van der Waals surface area contributed by atoms with Gasteiger partial charge in [-0.15, -0.1) is 0 Å². The fourth-order valence-electron chi connectivity index (χ4n) is 1.48. The van der Waals surface area contributed by atoms with Crippen molar-refractivity contribution in [2.75, 3.05) is 0 Å². The van der Waals surface area contributed by atoms with E-state index in [4.69, 9.17) is 0 Å². The first-order chi connectivity index (χ1) is 6.24. The van der Waals surface area contributed by atoms with E-state index in [-0.39, 0.29) is 0 Å². The van der Waals surface area contributed by atoms with Crippen LogP contribution in [0.15, 0.2) is 24.3 Å². The number of para-hydroxylation sites is 1. The van der Waals surface area contributed by atoms with E-state index >= 15 is 0 Å². The van der Waals surface area contributed by atoms with Gasteiger partial charge in [-0.05, 0) is 41.1 Å². The molecule has 0 aliphatic rings. The third-order valence-electron chi connectivity index (χ3n) is 2.15. The Morgan fingerprint density at radius 2 is 2.15 bits per heavy atom. The van der Waals surface area contributed by atoms with Crippen molar-refractivity contribution in [3.05, 3.63) is 33.5 Å². The van der Waals surface area contributed by atoms with E-state index in [2.05, 4.69) is 79.4 Å². The van der Waals surface area contributed by atoms with Crippen LogP contribution in [0.4, 0.5) is 0 Å². The molecule has 0 fully saturated rings. The quantitative estimate of drug-likeness (QED) is 0.642. The molecule has 0 N–H and O–H groups in total. The van der Waals surface area contributed by atoms with Crippen LogP contribution in [0.5, 0.6) is 0 Å². The summed E-state index contributed by atoms with van der Waals surface area (Å²) < 4.78 is 3.58. The molecule has 0 aliphatic carbocycles. The highest BCUT2D eigenvalue weighted by atomic mass is 127. The van der Waals surface area contributed by atoms with Gasteiger partial charge in [-0.2, -0.15) is 0 Å². The van der Waals surface area contributed by atoms with Crippen LogP contribution >= 0.6 is 45.5 Å². The second-order valence-electron chi connectivity index (χ2n) is 2.95. The van der Waals surface area contributed by atoms with Crippen molar-refractivity contribution in [2.24, 2.45) is 0 Å². The maximum atomic E-state index is 2.39. The monoisotopic (exact) mass is 397 g/mol. The predicted octanol–water partition coefficient (Wildman–Crippen LogP) is 4.01. The van der Waals surface area contributed by atoms with Gasteiger partial charge in [0, 0.05) is 14.7 Å². The van der Waals surface area contributed by atoms with Crippen LogP contribution in [0.2, 0.25) is 0 Å². The Morgan fingerprint density at radius 1 is 1.38 bits per heavy atom. The molecule has 2 rings (SSSR count). The van der Waals surface area contributed by atoms with E-state index < -0.39 is 0 Å². The summed E-state index contributed by atoms with van der Waals surface area (Å²) >= 11 is 4.76. The van der Waals surface area contributed by atoms with Gasteiger partial charge in [0.05, 0.1) is 28.4 Å². The van der Waals surface area contributed by atoms with Crippen molar-refractivity contribution in [1.29, 1.82) is 0 Å². The number of hydrogen-bond donors (Lipinski definition) is 0. The lowest BCUT2D eigenvalue weighted by Gasteiger charge is -1.99. The Bertz CT molecular complexity index is 445. The second-order valence-corrected chi connectivity index (χ2v) is 5.07. The fraction of sp³-hybridized carbons (Fsp3) is 0.200. The third-order valence-corrected chi connectivity index (χ3v) is 4.12. The normalized spacial score (nSPS) is 11.0. The van der Waals surface area contributed by atoms with Crippen molar-refractivity contribution in [3.63, 3.8) is 0 Å². The number of benzene rings is 1. The van der Waals surface area contributed by atoms with Crippen LogP contribution in [0, 0.1) is 3.57 Å². The van der Waals surface area contributed by atoms with Gasteiger partial charge in [-0.1, -0.05) is 19.1 Å². The summed E-state index contributed by atoms with van der Waals surface area (Å²) in [7, 11) is 0. The van der Waals surface area contributed by atoms with Crippen molar-refractivity contribution in [2.45, 2.75) is 13.3 Å². The van der Waals surface area contributed by atoms with E-state index in [1.807, 2.05) is 0 Å². The van der Waals surface area contributed by atoms with E-state index in [1.54, 1.807) is 0 Å². The molecule has 0 unspecified atom stereocenters. The van der Waals surface area contributed by atoms with E-state index in [0.29, 0.717) is 0 Å². The molecule has 0 spiro atoms. The molecule has 1 aromatic heterocycles. The predicted molar refractivity (Wildman–Crippen MR) is 73.5 cm³/mol. The first-order valence-electron chi connectivity index (χ1n) is 4.19. The minimum atomic E-state index is 1.09. The maximum Gasteiger partial charge on any atom is 0.0713 e. The highest BCUT2D eigenvalue weighted by Gasteiger charge is 2.07. The molecule has 0 saturated carbocycles. The molecule has 1 heterocycles. The van der Waals surface area contributed by atoms with Crippen LogP contribution in [-0.2, 0) is 6.42 Å². The topological polar surface area (TPSA) is 4.93 Å². The number of aromatic nitrogens is 1. The van der Waals surface area contributed by atoms with Gasteiger partial charge in [0.25, 0.3) is 0 Å². The molecule has 2 aromatic rings. The smallest absolute Gasteiger partial charge is 0.0713 e. The molecule has 0 saturated heterocycles. The number of fused-ring (bicyclic) bond motifs is 1. The maximum absolute atomic E-state index is 2.39. The molecular weight excluding hydrogens is 388 g/mol. The van der Waals surface area contributed by atoms with Gasteiger partial charge < -0.3 is 0 Å². The molecule has 0 atom stereocenters. The Morgan fingerprint density at radius 3 is 2.77 bits per heavy atom. The fourth-order valence-corrected chi connectivity index (χ4v) is 3.72. The lowest BCUT2D eigenvalue weighted by atomic mass is 10.2. The average Bonchev–Trinajstić information content (AvgIpc) is 2.44. The van der Waals surface area contributed by atoms with Crippen molar-refractivity contribution >= 4 is 56.4 Å². The Hall–Kier alpha value is 0.220. The number of rotatable bonds is 1. The minimum Gasteiger partial charge on any atom is -0.285 e. The van der Waals surface area contributed by atoms with Crippen LogP contribution in [0.1, 0.15) is 12.6 Å². The number of halogens is 2. The van der Waals surface area contributed by atoms with Crippen LogP contribution in [0.3, 0.4) is 0 Å². The molecule has 68 valence electrons. The number of aryl methyl sites for hydroxylation is 1. The van der Waals surface area contributed by atoms with Crippen LogP contribution < -0.4 is 0 Å². The molecular formula is C10H9I2N. The Kier molecular flexibility index (Phi) is 2.83. The standard InChI is InChI=1S/C10H9I2N/c1-2-8-6-7-4-3-5-9(11)10(7)13(8)12/h3-6H,2H2,1H3. The number of hydrogen-bond acceptors (Lipinski definition) is 0. The average molecular weight is 397 g/mol. The van der Waals surface area contributed by atoms with Gasteiger partial charge in [-0.3, -0.25) is 2.78 Å². The van der Waals surface area contributed by atoms with Gasteiger partial charge in [0.2, 0.25) is 0 Å². The third kappa shape index (κ3) is 1.60.